The Kier molecular flexibility index (Phi) is 4.52. The molecule has 30 heavy (non-hydrogen) atoms. The van der Waals surface area contributed by atoms with Gasteiger partial charge in [-0.1, -0.05) is 42.5 Å². The Morgan fingerprint density at radius 2 is 1.60 bits per heavy atom. The van der Waals surface area contributed by atoms with E-state index in [0.717, 1.165) is 34.7 Å². The maximum atomic E-state index is 4.60. The minimum absolute atomic E-state index is 0.734. The lowest BCUT2D eigenvalue weighted by atomic mass is 10.1. The van der Waals surface area contributed by atoms with Crippen molar-refractivity contribution < 1.29 is 0 Å². The van der Waals surface area contributed by atoms with Gasteiger partial charge in [0.2, 0.25) is 0 Å². The second kappa shape index (κ2) is 7.48. The van der Waals surface area contributed by atoms with E-state index in [1.165, 1.54) is 11.3 Å². The van der Waals surface area contributed by atoms with Gasteiger partial charge in [-0.05, 0) is 17.7 Å². The predicted octanol–water partition coefficient (Wildman–Crippen LogP) is 4.37. The van der Waals surface area contributed by atoms with Crippen LogP contribution in [0.2, 0.25) is 0 Å². The van der Waals surface area contributed by atoms with Gasteiger partial charge in [-0.25, -0.2) is 4.98 Å². The third-order valence-electron chi connectivity index (χ3n) is 5.19. The summed E-state index contributed by atoms with van der Waals surface area (Å²) in [4.78, 5) is 11.2. The molecule has 0 unspecified atom stereocenters. The molecule has 148 valence electrons. The summed E-state index contributed by atoms with van der Waals surface area (Å²) in [6.45, 7) is 0.734. The molecule has 0 radical (unpaired) electrons. The molecule has 0 aliphatic rings. The van der Waals surface area contributed by atoms with Crippen LogP contribution < -0.4 is 4.90 Å². The number of hydrogen-bond donors (Lipinski definition) is 0. The molecule has 2 aromatic carbocycles. The number of imidazole rings is 1. The third-order valence-corrected chi connectivity index (χ3v) is 5.19. The molecule has 6 nitrogen and oxygen atoms in total. The van der Waals surface area contributed by atoms with Crippen LogP contribution in [0.1, 0.15) is 5.56 Å². The molecular weight excluding hydrogens is 372 g/mol. The number of aromatic nitrogens is 5. The van der Waals surface area contributed by atoms with Crippen molar-refractivity contribution in [2.24, 2.45) is 0 Å². The highest BCUT2D eigenvalue weighted by Crippen LogP contribution is 2.25. The zero-order valence-electron chi connectivity index (χ0n) is 17.0. The topological polar surface area (TPSA) is 51.2 Å². The van der Waals surface area contributed by atoms with E-state index in [1.807, 2.05) is 68.0 Å². The third kappa shape index (κ3) is 3.43. The van der Waals surface area contributed by atoms with Gasteiger partial charge in [-0.3, -0.25) is 14.1 Å². The van der Waals surface area contributed by atoms with Gasteiger partial charge in [-0.15, -0.1) is 0 Å². The average molecular weight is 394 g/mol. The largest absolute Gasteiger partial charge is 0.378 e. The van der Waals surface area contributed by atoms with Crippen molar-refractivity contribution in [2.75, 3.05) is 19.0 Å². The van der Waals surface area contributed by atoms with E-state index < -0.39 is 0 Å². The number of anilines is 1. The van der Waals surface area contributed by atoms with Crippen LogP contribution in [0.4, 0.5) is 5.69 Å². The fraction of sp³-hybridized carbons (Fsp3) is 0.125. The van der Waals surface area contributed by atoms with Crippen LogP contribution in [0.25, 0.3) is 28.2 Å². The molecule has 0 atom stereocenters. The Morgan fingerprint density at radius 3 is 2.37 bits per heavy atom. The molecule has 3 aromatic heterocycles. The molecule has 0 aliphatic heterocycles. The van der Waals surface area contributed by atoms with Crippen molar-refractivity contribution in [2.45, 2.75) is 6.54 Å². The lowest BCUT2D eigenvalue weighted by molar-refractivity contribution is 0.687. The van der Waals surface area contributed by atoms with Crippen LogP contribution in [0.5, 0.6) is 0 Å². The summed E-state index contributed by atoms with van der Waals surface area (Å²) in [5.41, 5.74) is 7.21. The Morgan fingerprint density at radius 1 is 0.800 bits per heavy atom. The number of fused-ring (bicyclic) bond motifs is 1. The monoisotopic (exact) mass is 394 g/mol. The zero-order valence-corrected chi connectivity index (χ0v) is 17.0. The SMILES string of the molecule is CN(C)c1ccc(-c2cnc3cnc(-c4cnn(Cc5ccccc5)c4)cn23)cc1. The maximum Gasteiger partial charge on any atom is 0.155 e. The van der Waals surface area contributed by atoms with Crippen molar-refractivity contribution >= 4 is 11.3 Å². The summed E-state index contributed by atoms with van der Waals surface area (Å²) in [6, 6.07) is 18.8. The molecule has 6 heteroatoms. The molecule has 0 fully saturated rings. The van der Waals surface area contributed by atoms with Gasteiger partial charge >= 0.3 is 0 Å². The molecule has 0 saturated carbocycles. The second-order valence-electron chi connectivity index (χ2n) is 7.50. The van der Waals surface area contributed by atoms with Crippen molar-refractivity contribution in [1.82, 2.24) is 24.1 Å². The fourth-order valence-electron chi connectivity index (χ4n) is 3.54. The first kappa shape index (κ1) is 18.1. The summed E-state index contributed by atoms with van der Waals surface area (Å²) < 4.78 is 4.02. The summed E-state index contributed by atoms with van der Waals surface area (Å²) in [5, 5.41) is 4.51. The molecule has 0 spiro atoms. The molecular formula is C24H22N6. The van der Waals surface area contributed by atoms with E-state index in [4.69, 9.17) is 0 Å². The van der Waals surface area contributed by atoms with E-state index in [-0.39, 0.29) is 0 Å². The van der Waals surface area contributed by atoms with E-state index in [2.05, 4.69) is 60.8 Å². The lowest BCUT2D eigenvalue weighted by Crippen LogP contribution is -2.07. The van der Waals surface area contributed by atoms with E-state index in [9.17, 15) is 0 Å². The van der Waals surface area contributed by atoms with Crippen molar-refractivity contribution in [3.63, 3.8) is 0 Å². The van der Waals surface area contributed by atoms with Crippen LogP contribution in [-0.2, 0) is 6.54 Å². The van der Waals surface area contributed by atoms with Crippen molar-refractivity contribution in [1.29, 1.82) is 0 Å². The number of benzene rings is 2. The Balaban J connectivity index is 1.47. The Labute approximate surface area is 175 Å². The normalized spacial score (nSPS) is 11.1. The van der Waals surface area contributed by atoms with Gasteiger partial charge in [0.1, 0.15) is 0 Å². The molecule has 0 bridgehead atoms. The highest BCUT2D eigenvalue weighted by Gasteiger charge is 2.10. The maximum absolute atomic E-state index is 4.60. The molecule has 0 aliphatic carbocycles. The Hall–Kier alpha value is -3.93. The summed E-state index contributed by atoms with van der Waals surface area (Å²) in [6.07, 6.45) is 9.62. The van der Waals surface area contributed by atoms with Crippen LogP contribution >= 0.6 is 0 Å². The van der Waals surface area contributed by atoms with E-state index in [0.29, 0.717) is 0 Å². The van der Waals surface area contributed by atoms with Crippen LogP contribution in [0.3, 0.4) is 0 Å². The van der Waals surface area contributed by atoms with Gasteiger partial charge in [0.05, 0.1) is 36.5 Å². The molecule has 0 saturated heterocycles. The molecule has 5 rings (SSSR count). The zero-order chi connectivity index (χ0) is 20.5. The van der Waals surface area contributed by atoms with Crippen LogP contribution in [-0.4, -0.2) is 38.2 Å². The van der Waals surface area contributed by atoms with Crippen LogP contribution in [0, 0.1) is 0 Å². The van der Waals surface area contributed by atoms with Crippen molar-refractivity contribution in [3.8, 4) is 22.5 Å². The first-order chi connectivity index (χ1) is 14.7. The second-order valence-corrected chi connectivity index (χ2v) is 7.50. The minimum atomic E-state index is 0.734. The molecule has 3 heterocycles. The van der Waals surface area contributed by atoms with Gasteiger partial charge < -0.3 is 4.90 Å². The highest BCUT2D eigenvalue weighted by atomic mass is 15.3. The summed E-state index contributed by atoms with van der Waals surface area (Å²) in [7, 11) is 4.08. The predicted molar refractivity (Wildman–Crippen MR) is 120 cm³/mol. The van der Waals surface area contributed by atoms with Crippen molar-refractivity contribution in [3.05, 3.63) is 91.1 Å². The van der Waals surface area contributed by atoms with E-state index in [1.54, 1.807) is 0 Å². The molecule has 0 N–H and O–H groups in total. The highest BCUT2D eigenvalue weighted by molar-refractivity contribution is 5.67. The number of hydrogen-bond acceptors (Lipinski definition) is 4. The molecule has 5 aromatic rings. The lowest BCUT2D eigenvalue weighted by Gasteiger charge is -2.12. The summed E-state index contributed by atoms with van der Waals surface area (Å²) >= 11 is 0. The number of nitrogens with zero attached hydrogens (tertiary/aromatic N) is 6. The fourth-order valence-corrected chi connectivity index (χ4v) is 3.54. The standard InChI is InChI=1S/C24H22N6/c1-28(2)21-10-8-19(9-11-21)23-13-26-24-14-25-22(17-30(23)24)20-12-27-29(16-20)15-18-6-4-3-5-7-18/h3-14,16-17H,15H2,1-2H3. The van der Waals surface area contributed by atoms with E-state index >= 15 is 0 Å². The van der Waals surface area contributed by atoms with Gasteiger partial charge in [0.15, 0.2) is 5.65 Å². The quantitative estimate of drug-likeness (QED) is 0.444. The Bertz CT molecular complexity index is 1280. The van der Waals surface area contributed by atoms with Gasteiger partial charge in [-0.2, -0.15) is 5.10 Å². The first-order valence-corrected chi connectivity index (χ1v) is 9.85. The van der Waals surface area contributed by atoms with Gasteiger partial charge in [0, 0.05) is 43.3 Å². The minimum Gasteiger partial charge on any atom is -0.378 e. The van der Waals surface area contributed by atoms with Crippen LogP contribution in [0.15, 0.2) is 85.6 Å². The summed E-state index contributed by atoms with van der Waals surface area (Å²) in [5.74, 6) is 0. The van der Waals surface area contributed by atoms with Gasteiger partial charge in [0.25, 0.3) is 0 Å². The number of rotatable bonds is 5. The average Bonchev–Trinajstić information content (AvgIpc) is 3.41. The molecule has 0 amide bonds. The first-order valence-electron chi connectivity index (χ1n) is 9.85. The smallest absolute Gasteiger partial charge is 0.155 e.